The van der Waals surface area contributed by atoms with Gasteiger partial charge in [-0.05, 0) is 17.9 Å². The second kappa shape index (κ2) is 3.70. The lowest BCUT2D eigenvalue weighted by atomic mass is 10.4. The van der Waals surface area contributed by atoms with Gasteiger partial charge in [0.05, 0.1) is 12.0 Å². The molecule has 0 aromatic carbocycles. The van der Waals surface area contributed by atoms with Crippen LogP contribution in [0, 0.1) is 0 Å². The summed E-state index contributed by atoms with van der Waals surface area (Å²) in [4.78, 5) is 9.21. The molecule has 2 rings (SSSR count). The van der Waals surface area contributed by atoms with E-state index < -0.39 is 0 Å². The van der Waals surface area contributed by atoms with Gasteiger partial charge in [-0.1, -0.05) is 6.92 Å². The molecule has 68 valence electrons. The van der Waals surface area contributed by atoms with Gasteiger partial charge in [-0.15, -0.1) is 11.3 Å². The van der Waals surface area contributed by atoms with Crippen molar-refractivity contribution in [3.8, 4) is 5.88 Å². The molecule has 2 heterocycles. The Labute approximate surface area is 80.4 Å². The predicted octanol–water partition coefficient (Wildman–Crippen LogP) is 2.48. The Morgan fingerprint density at radius 2 is 2.38 bits per heavy atom. The summed E-state index contributed by atoms with van der Waals surface area (Å²) in [5.74, 6) is 0.702. The lowest BCUT2D eigenvalue weighted by Crippen LogP contribution is -1.97. The normalized spacial score (nSPS) is 10.5. The number of nitrogens with zero attached hydrogens (tertiary/aromatic N) is 2. The van der Waals surface area contributed by atoms with Gasteiger partial charge in [0.1, 0.15) is 11.2 Å². The van der Waals surface area contributed by atoms with Gasteiger partial charge in [-0.2, -0.15) is 0 Å². The maximum atomic E-state index is 5.48. The average Bonchev–Trinajstić information content (AvgIpc) is 2.62. The number of ether oxygens (including phenoxy) is 1. The van der Waals surface area contributed by atoms with E-state index in [9.17, 15) is 0 Å². The van der Waals surface area contributed by atoms with Crippen LogP contribution in [0.5, 0.6) is 5.88 Å². The standard InChI is InChI=1S/C9H10N2OS/c1-2-4-12-8-7-3-5-13-9(7)11-6-10-8/h3,5-6H,2,4H2,1H3. The summed E-state index contributed by atoms with van der Waals surface area (Å²) in [6.45, 7) is 2.79. The molecule has 0 radical (unpaired) electrons. The van der Waals surface area contributed by atoms with E-state index in [0.29, 0.717) is 12.5 Å². The zero-order valence-electron chi connectivity index (χ0n) is 7.36. The molecule has 0 bridgehead atoms. The van der Waals surface area contributed by atoms with Crippen molar-refractivity contribution in [2.45, 2.75) is 13.3 Å². The zero-order valence-corrected chi connectivity index (χ0v) is 8.17. The predicted molar refractivity (Wildman–Crippen MR) is 53.2 cm³/mol. The first-order valence-corrected chi connectivity index (χ1v) is 5.11. The summed E-state index contributed by atoms with van der Waals surface area (Å²) < 4.78 is 5.48. The lowest BCUT2D eigenvalue weighted by Gasteiger charge is -2.02. The van der Waals surface area contributed by atoms with Gasteiger partial charge < -0.3 is 4.74 Å². The van der Waals surface area contributed by atoms with Crippen molar-refractivity contribution in [1.29, 1.82) is 0 Å². The van der Waals surface area contributed by atoms with Gasteiger partial charge in [-0.25, -0.2) is 9.97 Å². The third kappa shape index (κ3) is 1.62. The summed E-state index contributed by atoms with van der Waals surface area (Å²) in [6.07, 6.45) is 2.54. The second-order valence-corrected chi connectivity index (χ2v) is 3.56. The highest BCUT2D eigenvalue weighted by atomic mass is 32.1. The molecule has 0 spiro atoms. The van der Waals surface area contributed by atoms with Gasteiger partial charge in [-0.3, -0.25) is 0 Å². The Morgan fingerprint density at radius 3 is 3.23 bits per heavy atom. The van der Waals surface area contributed by atoms with Crippen LogP contribution in [0.1, 0.15) is 13.3 Å². The fraction of sp³-hybridized carbons (Fsp3) is 0.333. The molecule has 0 saturated heterocycles. The van der Waals surface area contributed by atoms with E-state index in [-0.39, 0.29) is 0 Å². The molecule has 4 heteroatoms. The maximum absolute atomic E-state index is 5.48. The van der Waals surface area contributed by atoms with Crippen LogP contribution in [0.4, 0.5) is 0 Å². The van der Waals surface area contributed by atoms with Gasteiger partial charge in [0.25, 0.3) is 0 Å². The van der Waals surface area contributed by atoms with E-state index >= 15 is 0 Å². The molecule has 3 nitrogen and oxygen atoms in total. The molecule has 0 aliphatic rings. The van der Waals surface area contributed by atoms with Crippen molar-refractivity contribution in [3.05, 3.63) is 17.8 Å². The Bertz CT molecular complexity index is 399. The van der Waals surface area contributed by atoms with Crippen molar-refractivity contribution < 1.29 is 4.74 Å². The minimum Gasteiger partial charge on any atom is -0.477 e. The number of rotatable bonds is 3. The zero-order chi connectivity index (χ0) is 9.10. The van der Waals surface area contributed by atoms with Crippen LogP contribution in [0.15, 0.2) is 17.8 Å². The van der Waals surface area contributed by atoms with E-state index in [1.807, 2.05) is 11.4 Å². The minimum atomic E-state index is 0.702. The quantitative estimate of drug-likeness (QED) is 0.753. The summed E-state index contributed by atoms with van der Waals surface area (Å²) in [5.41, 5.74) is 0. The Kier molecular flexibility index (Phi) is 2.40. The SMILES string of the molecule is CCCOc1ncnc2sccc12. The average molecular weight is 194 g/mol. The maximum Gasteiger partial charge on any atom is 0.225 e. The first kappa shape index (κ1) is 8.44. The summed E-state index contributed by atoms with van der Waals surface area (Å²) in [5, 5.41) is 3.01. The lowest BCUT2D eigenvalue weighted by molar-refractivity contribution is 0.309. The first-order chi connectivity index (χ1) is 6.42. The third-order valence-electron chi connectivity index (χ3n) is 1.67. The molecular formula is C9H10N2OS. The molecule has 2 aromatic heterocycles. The van der Waals surface area contributed by atoms with Crippen molar-refractivity contribution in [2.75, 3.05) is 6.61 Å². The molecule has 2 aromatic rings. The van der Waals surface area contributed by atoms with E-state index in [0.717, 1.165) is 16.6 Å². The third-order valence-corrected chi connectivity index (χ3v) is 2.49. The van der Waals surface area contributed by atoms with Gasteiger partial charge in [0.2, 0.25) is 5.88 Å². The Morgan fingerprint density at radius 1 is 1.46 bits per heavy atom. The fourth-order valence-electron chi connectivity index (χ4n) is 1.08. The monoisotopic (exact) mass is 194 g/mol. The highest BCUT2D eigenvalue weighted by Crippen LogP contribution is 2.25. The minimum absolute atomic E-state index is 0.702. The Hall–Kier alpha value is -1.16. The summed E-state index contributed by atoms with van der Waals surface area (Å²) in [6, 6.07) is 1.99. The molecule has 0 aliphatic carbocycles. The topological polar surface area (TPSA) is 35.0 Å². The van der Waals surface area contributed by atoms with Crippen LogP contribution in [0.3, 0.4) is 0 Å². The molecule has 0 atom stereocenters. The highest BCUT2D eigenvalue weighted by molar-refractivity contribution is 7.16. The van der Waals surface area contributed by atoms with Gasteiger partial charge >= 0.3 is 0 Å². The fourth-order valence-corrected chi connectivity index (χ4v) is 1.80. The number of fused-ring (bicyclic) bond motifs is 1. The molecule has 0 saturated carbocycles. The van der Waals surface area contributed by atoms with E-state index in [1.165, 1.54) is 0 Å². The van der Waals surface area contributed by atoms with E-state index in [1.54, 1.807) is 17.7 Å². The van der Waals surface area contributed by atoms with Crippen molar-refractivity contribution >= 4 is 21.6 Å². The molecule has 0 N–H and O–H groups in total. The van der Waals surface area contributed by atoms with Crippen LogP contribution >= 0.6 is 11.3 Å². The van der Waals surface area contributed by atoms with Crippen LogP contribution in [0.2, 0.25) is 0 Å². The largest absolute Gasteiger partial charge is 0.477 e. The first-order valence-electron chi connectivity index (χ1n) is 4.23. The van der Waals surface area contributed by atoms with Crippen LogP contribution in [-0.4, -0.2) is 16.6 Å². The summed E-state index contributed by atoms with van der Waals surface area (Å²) >= 11 is 1.60. The molecule has 0 amide bonds. The highest BCUT2D eigenvalue weighted by Gasteiger charge is 2.04. The molecular weight excluding hydrogens is 184 g/mol. The number of thiophene rings is 1. The molecule has 0 aliphatic heterocycles. The molecule has 0 fully saturated rings. The molecule has 0 unspecified atom stereocenters. The van der Waals surface area contributed by atoms with Crippen molar-refractivity contribution in [3.63, 3.8) is 0 Å². The van der Waals surface area contributed by atoms with Crippen LogP contribution in [0.25, 0.3) is 10.2 Å². The van der Waals surface area contributed by atoms with E-state index in [4.69, 9.17) is 4.74 Å². The molecule has 13 heavy (non-hydrogen) atoms. The second-order valence-electron chi connectivity index (χ2n) is 2.67. The van der Waals surface area contributed by atoms with E-state index in [2.05, 4.69) is 16.9 Å². The van der Waals surface area contributed by atoms with Crippen molar-refractivity contribution in [1.82, 2.24) is 9.97 Å². The number of hydrogen-bond donors (Lipinski definition) is 0. The summed E-state index contributed by atoms with van der Waals surface area (Å²) in [7, 11) is 0. The Balaban J connectivity index is 2.37. The van der Waals surface area contributed by atoms with Gasteiger partial charge in [0, 0.05) is 0 Å². The van der Waals surface area contributed by atoms with Crippen molar-refractivity contribution in [2.24, 2.45) is 0 Å². The number of hydrogen-bond acceptors (Lipinski definition) is 4. The van der Waals surface area contributed by atoms with Gasteiger partial charge in [0.15, 0.2) is 0 Å². The van der Waals surface area contributed by atoms with Crippen LogP contribution in [-0.2, 0) is 0 Å². The smallest absolute Gasteiger partial charge is 0.225 e. The van der Waals surface area contributed by atoms with Crippen LogP contribution < -0.4 is 4.74 Å². The number of aromatic nitrogens is 2.